The molecule has 1 aromatic rings. The highest BCUT2D eigenvalue weighted by Gasteiger charge is 2.16. The number of carbonyl (C=O) groups is 1. The van der Waals surface area contributed by atoms with Gasteiger partial charge in [0.25, 0.3) is 5.91 Å². The summed E-state index contributed by atoms with van der Waals surface area (Å²) in [7, 11) is 2.06. The van der Waals surface area contributed by atoms with E-state index in [1.165, 1.54) is 0 Å². The van der Waals surface area contributed by atoms with Gasteiger partial charge in [0.2, 0.25) is 0 Å². The van der Waals surface area contributed by atoms with Crippen molar-refractivity contribution in [2.45, 2.75) is 32.9 Å². The Labute approximate surface area is 102 Å². The first-order valence-corrected chi connectivity index (χ1v) is 5.59. The van der Waals surface area contributed by atoms with Gasteiger partial charge in [0.15, 0.2) is 0 Å². The minimum atomic E-state index is -0.485. The third-order valence-electron chi connectivity index (χ3n) is 2.88. The molecule has 1 aromatic carbocycles. The molecular formula is C13H20N2O2. The molecule has 0 saturated heterocycles. The van der Waals surface area contributed by atoms with Gasteiger partial charge in [0.1, 0.15) is 0 Å². The lowest BCUT2D eigenvalue weighted by molar-refractivity contribution is 0.0706. The summed E-state index contributed by atoms with van der Waals surface area (Å²) in [5.41, 5.74) is 3.32. The number of hydroxylamine groups is 1. The van der Waals surface area contributed by atoms with Gasteiger partial charge in [0, 0.05) is 17.6 Å². The monoisotopic (exact) mass is 236 g/mol. The fourth-order valence-corrected chi connectivity index (χ4v) is 1.34. The molecule has 4 nitrogen and oxygen atoms in total. The van der Waals surface area contributed by atoms with E-state index < -0.39 is 5.91 Å². The summed E-state index contributed by atoms with van der Waals surface area (Å²) in [4.78, 5) is 13.4. The Bertz CT molecular complexity index is 379. The molecule has 1 rings (SSSR count). The lowest BCUT2D eigenvalue weighted by Gasteiger charge is -2.31. The summed E-state index contributed by atoms with van der Waals surface area (Å²) < 4.78 is 0. The van der Waals surface area contributed by atoms with E-state index in [1.807, 2.05) is 12.1 Å². The average molecular weight is 236 g/mol. The standard InChI is InChI=1S/C13H20N2O2/c1-13(2,3)15(4)9-10-5-7-11(8-6-10)12(16)14-17/h5-8,17H,9H2,1-4H3,(H,14,16). The van der Waals surface area contributed by atoms with Crippen LogP contribution in [0.1, 0.15) is 36.7 Å². The largest absolute Gasteiger partial charge is 0.297 e. The molecule has 0 aromatic heterocycles. The molecule has 4 heteroatoms. The third kappa shape index (κ3) is 3.84. The van der Waals surface area contributed by atoms with Crippen molar-refractivity contribution in [1.82, 2.24) is 10.4 Å². The van der Waals surface area contributed by atoms with Crippen molar-refractivity contribution in [3.05, 3.63) is 35.4 Å². The molecular weight excluding hydrogens is 216 g/mol. The Morgan fingerprint density at radius 1 is 1.29 bits per heavy atom. The number of benzene rings is 1. The smallest absolute Gasteiger partial charge is 0.274 e. The van der Waals surface area contributed by atoms with Crippen molar-refractivity contribution in [2.24, 2.45) is 0 Å². The highest BCUT2D eigenvalue weighted by molar-refractivity contribution is 5.93. The highest BCUT2D eigenvalue weighted by Crippen LogP contribution is 2.15. The number of nitrogens with zero attached hydrogens (tertiary/aromatic N) is 1. The van der Waals surface area contributed by atoms with Crippen LogP contribution in [0.15, 0.2) is 24.3 Å². The van der Waals surface area contributed by atoms with E-state index in [0.717, 1.165) is 12.1 Å². The van der Waals surface area contributed by atoms with Crippen molar-refractivity contribution < 1.29 is 10.0 Å². The SMILES string of the molecule is CN(Cc1ccc(C(=O)NO)cc1)C(C)(C)C. The average Bonchev–Trinajstić information content (AvgIpc) is 2.27. The minimum Gasteiger partial charge on any atom is -0.297 e. The fourth-order valence-electron chi connectivity index (χ4n) is 1.34. The second-order valence-corrected chi connectivity index (χ2v) is 5.16. The molecule has 94 valence electrons. The van der Waals surface area contributed by atoms with E-state index in [1.54, 1.807) is 17.6 Å². The topological polar surface area (TPSA) is 52.6 Å². The summed E-state index contributed by atoms with van der Waals surface area (Å²) in [6, 6.07) is 7.20. The zero-order valence-corrected chi connectivity index (χ0v) is 10.8. The summed E-state index contributed by atoms with van der Waals surface area (Å²) in [5.74, 6) is -0.485. The van der Waals surface area contributed by atoms with Crippen LogP contribution < -0.4 is 5.48 Å². The van der Waals surface area contributed by atoms with Crippen molar-refractivity contribution in [2.75, 3.05) is 7.05 Å². The van der Waals surface area contributed by atoms with E-state index in [2.05, 4.69) is 32.7 Å². The second-order valence-electron chi connectivity index (χ2n) is 5.16. The Morgan fingerprint density at radius 2 is 1.82 bits per heavy atom. The van der Waals surface area contributed by atoms with Crippen LogP contribution in [-0.4, -0.2) is 28.6 Å². The van der Waals surface area contributed by atoms with Crippen LogP contribution in [0, 0.1) is 0 Å². The molecule has 0 aliphatic carbocycles. The van der Waals surface area contributed by atoms with Crippen molar-refractivity contribution in [3.63, 3.8) is 0 Å². The second kappa shape index (κ2) is 5.29. The zero-order chi connectivity index (χ0) is 13.1. The quantitative estimate of drug-likeness (QED) is 0.623. The minimum absolute atomic E-state index is 0.112. The Kier molecular flexibility index (Phi) is 4.26. The molecule has 0 aliphatic rings. The van der Waals surface area contributed by atoms with Gasteiger partial charge >= 0.3 is 0 Å². The number of hydrogen-bond donors (Lipinski definition) is 2. The lowest BCUT2D eigenvalue weighted by atomic mass is 10.0. The molecule has 0 spiro atoms. The molecule has 0 saturated carbocycles. The Balaban J connectivity index is 2.72. The normalized spacial score (nSPS) is 11.6. The van der Waals surface area contributed by atoms with Gasteiger partial charge in [-0.1, -0.05) is 12.1 Å². The van der Waals surface area contributed by atoms with Crippen molar-refractivity contribution >= 4 is 5.91 Å². The molecule has 1 amide bonds. The van der Waals surface area contributed by atoms with Gasteiger partial charge in [-0.05, 0) is 45.5 Å². The van der Waals surface area contributed by atoms with Gasteiger partial charge in [-0.15, -0.1) is 0 Å². The first kappa shape index (κ1) is 13.7. The van der Waals surface area contributed by atoms with E-state index in [4.69, 9.17) is 5.21 Å². The van der Waals surface area contributed by atoms with Crippen LogP contribution in [0.3, 0.4) is 0 Å². The molecule has 0 heterocycles. The maximum Gasteiger partial charge on any atom is 0.274 e. The number of rotatable bonds is 3. The van der Waals surface area contributed by atoms with Gasteiger partial charge in [0.05, 0.1) is 0 Å². The predicted molar refractivity (Wildman–Crippen MR) is 66.9 cm³/mol. The summed E-state index contributed by atoms with van der Waals surface area (Å²) in [6.45, 7) is 7.28. The van der Waals surface area contributed by atoms with Crippen LogP contribution in [0.5, 0.6) is 0 Å². The number of nitrogens with one attached hydrogen (secondary N) is 1. The first-order chi connectivity index (χ1) is 7.84. The third-order valence-corrected chi connectivity index (χ3v) is 2.88. The van der Waals surface area contributed by atoms with Gasteiger partial charge < -0.3 is 0 Å². The first-order valence-electron chi connectivity index (χ1n) is 5.59. The molecule has 0 unspecified atom stereocenters. The summed E-state index contributed by atoms with van der Waals surface area (Å²) in [5, 5.41) is 8.50. The van der Waals surface area contributed by atoms with Gasteiger partial charge in [-0.2, -0.15) is 0 Å². The van der Waals surface area contributed by atoms with E-state index in [0.29, 0.717) is 5.56 Å². The molecule has 0 fully saturated rings. The van der Waals surface area contributed by atoms with Crippen LogP contribution >= 0.6 is 0 Å². The van der Waals surface area contributed by atoms with Crippen LogP contribution in [0.25, 0.3) is 0 Å². The van der Waals surface area contributed by atoms with Crippen LogP contribution in [0.4, 0.5) is 0 Å². The highest BCUT2D eigenvalue weighted by atomic mass is 16.5. The maximum absolute atomic E-state index is 11.1. The fraction of sp³-hybridized carbons (Fsp3) is 0.462. The predicted octanol–water partition coefficient (Wildman–Crippen LogP) is 2.04. The number of amides is 1. The molecule has 0 radical (unpaired) electrons. The van der Waals surface area contributed by atoms with E-state index in [-0.39, 0.29) is 5.54 Å². The molecule has 2 N–H and O–H groups in total. The number of carbonyl (C=O) groups excluding carboxylic acids is 1. The van der Waals surface area contributed by atoms with E-state index in [9.17, 15) is 4.79 Å². The van der Waals surface area contributed by atoms with Gasteiger partial charge in [-0.25, -0.2) is 5.48 Å². The Hall–Kier alpha value is -1.39. The number of hydrogen-bond acceptors (Lipinski definition) is 3. The lowest BCUT2D eigenvalue weighted by Crippen LogP contribution is -2.37. The molecule has 0 atom stereocenters. The van der Waals surface area contributed by atoms with Crippen LogP contribution in [0.2, 0.25) is 0 Å². The van der Waals surface area contributed by atoms with Gasteiger partial charge in [-0.3, -0.25) is 14.9 Å². The maximum atomic E-state index is 11.1. The van der Waals surface area contributed by atoms with E-state index >= 15 is 0 Å². The zero-order valence-electron chi connectivity index (χ0n) is 10.8. The Morgan fingerprint density at radius 3 is 2.24 bits per heavy atom. The van der Waals surface area contributed by atoms with Crippen molar-refractivity contribution in [3.8, 4) is 0 Å². The van der Waals surface area contributed by atoms with Crippen molar-refractivity contribution in [1.29, 1.82) is 0 Å². The molecule has 0 bridgehead atoms. The van der Waals surface area contributed by atoms with Crippen LogP contribution in [-0.2, 0) is 6.54 Å². The summed E-state index contributed by atoms with van der Waals surface area (Å²) in [6.07, 6.45) is 0. The molecule has 17 heavy (non-hydrogen) atoms. The summed E-state index contributed by atoms with van der Waals surface area (Å²) >= 11 is 0. The molecule has 0 aliphatic heterocycles.